The van der Waals surface area contributed by atoms with Crippen molar-refractivity contribution in [1.82, 2.24) is 19.6 Å². The van der Waals surface area contributed by atoms with Crippen LogP contribution in [0.1, 0.15) is 39.2 Å². The molecule has 23 heavy (non-hydrogen) atoms. The molecule has 0 aliphatic carbocycles. The first-order valence-corrected chi connectivity index (χ1v) is 8.83. The Morgan fingerprint density at radius 2 is 2.09 bits per heavy atom. The average molecular weight is 321 g/mol. The Morgan fingerprint density at radius 3 is 2.74 bits per heavy atom. The molecule has 6 nitrogen and oxygen atoms in total. The Hall–Kier alpha value is -1.40. The molecular weight excluding hydrogens is 290 g/mol. The van der Waals surface area contributed by atoms with E-state index in [0.717, 1.165) is 52.1 Å². The van der Waals surface area contributed by atoms with Gasteiger partial charge in [0.25, 0.3) is 0 Å². The second-order valence-electron chi connectivity index (χ2n) is 6.57. The van der Waals surface area contributed by atoms with Crippen LogP contribution < -0.4 is 5.73 Å². The molecule has 2 atom stereocenters. The lowest BCUT2D eigenvalue weighted by molar-refractivity contribution is -0.133. The van der Waals surface area contributed by atoms with Gasteiger partial charge in [-0.25, -0.2) is 0 Å². The number of aromatic nitrogens is 2. The highest BCUT2D eigenvalue weighted by molar-refractivity contribution is 5.82. The largest absolute Gasteiger partial charge is 0.340 e. The van der Waals surface area contributed by atoms with Crippen LogP contribution in [0, 0.1) is 5.92 Å². The summed E-state index contributed by atoms with van der Waals surface area (Å²) in [5.74, 6) is 0.349. The van der Waals surface area contributed by atoms with Gasteiger partial charge in [0.1, 0.15) is 0 Å². The number of nitrogens with zero attached hydrogens (tertiary/aromatic N) is 4. The van der Waals surface area contributed by atoms with Crippen molar-refractivity contribution >= 4 is 5.91 Å². The van der Waals surface area contributed by atoms with Crippen LogP contribution in [0.2, 0.25) is 0 Å². The Kier molecular flexibility index (Phi) is 6.59. The van der Waals surface area contributed by atoms with Gasteiger partial charge < -0.3 is 10.6 Å². The number of aryl methyl sites for hydroxylation is 1. The van der Waals surface area contributed by atoms with Crippen molar-refractivity contribution in [1.29, 1.82) is 0 Å². The second-order valence-corrected chi connectivity index (χ2v) is 6.57. The smallest absolute Gasteiger partial charge is 0.239 e. The summed E-state index contributed by atoms with van der Waals surface area (Å²) in [5, 5.41) is 4.33. The van der Waals surface area contributed by atoms with E-state index in [4.69, 9.17) is 5.73 Å². The highest BCUT2D eigenvalue weighted by Gasteiger charge is 2.26. The molecule has 0 radical (unpaired) electrons. The number of carbonyl (C=O) groups excluding carboxylic acids is 1. The van der Waals surface area contributed by atoms with Gasteiger partial charge >= 0.3 is 0 Å². The minimum Gasteiger partial charge on any atom is -0.340 e. The zero-order valence-electron chi connectivity index (χ0n) is 14.7. The van der Waals surface area contributed by atoms with E-state index in [1.807, 2.05) is 15.8 Å². The summed E-state index contributed by atoms with van der Waals surface area (Å²) < 4.78 is 1.95. The van der Waals surface area contributed by atoms with Gasteiger partial charge in [-0.3, -0.25) is 14.4 Å². The quantitative estimate of drug-likeness (QED) is 0.858. The van der Waals surface area contributed by atoms with Crippen LogP contribution in [0.4, 0.5) is 0 Å². The van der Waals surface area contributed by atoms with Crippen molar-refractivity contribution in [3.05, 3.63) is 18.0 Å². The van der Waals surface area contributed by atoms with Crippen molar-refractivity contribution in [3.63, 3.8) is 0 Å². The molecule has 2 rings (SSSR count). The molecule has 0 aromatic carbocycles. The summed E-state index contributed by atoms with van der Waals surface area (Å²) in [6.07, 6.45) is 5.98. The van der Waals surface area contributed by atoms with Gasteiger partial charge in [0, 0.05) is 51.0 Å². The first-order chi connectivity index (χ1) is 11.0. The van der Waals surface area contributed by atoms with Gasteiger partial charge in [-0.1, -0.05) is 20.3 Å². The summed E-state index contributed by atoms with van der Waals surface area (Å²) in [6, 6.07) is -0.366. The monoisotopic (exact) mass is 321 g/mol. The van der Waals surface area contributed by atoms with E-state index in [-0.39, 0.29) is 17.9 Å². The molecule has 1 fully saturated rings. The summed E-state index contributed by atoms with van der Waals surface area (Å²) in [7, 11) is 0. The van der Waals surface area contributed by atoms with E-state index >= 15 is 0 Å². The van der Waals surface area contributed by atoms with Gasteiger partial charge in [-0.05, 0) is 19.3 Å². The highest BCUT2D eigenvalue weighted by Crippen LogP contribution is 2.12. The van der Waals surface area contributed by atoms with E-state index in [1.54, 1.807) is 0 Å². The first kappa shape index (κ1) is 17.9. The number of hydrogen-bond donors (Lipinski definition) is 1. The fraction of sp³-hybridized carbons (Fsp3) is 0.765. The third-order valence-corrected chi connectivity index (χ3v) is 4.86. The molecule has 1 aliphatic rings. The predicted octanol–water partition coefficient (Wildman–Crippen LogP) is 1.31. The minimum absolute atomic E-state index is 0.111. The fourth-order valence-electron chi connectivity index (χ4n) is 2.98. The molecule has 0 saturated carbocycles. The van der Waals surface area contributed by atoms with Gasteiger partial charge in [0.15, 0.2) is 0 Å². The first-order valence-electron chi connectivity index (χ1n) is 8.83. The third-order valence-electron chi connectivity index (χ3n) is 4.86. The molecule has 6 heteroatoms. The van der Waals surface area contributed by atoms with E-state index in [1.165, 1.54) is 5.56 Å². The molecular formula is C17H31N5O. The summed E-state index contributed by atoms with van der Waals surface area (Å²) in [6.45, 7) is 11.5. The highest BCUT2D eigenvalue weighted by atomic mass is 16.2. The Bertz CT molecular complexity index is 501. The van der Waals surface area contributed by atoms with Crippen molar-refractivity contribution in [2.24, 2.45) is 11.7 Å². The lowest BCUT2D eigenvalue weighted by Gasteiger charge is -2.27. The standard InChI is InChI=1S/C17H31N5O/c1-4-14(3)16(18)17(23)21-8-6-7-20(9-10-21)12-15-11-19-22(5-2)13-15/h11,13-14,16H,4-10,12,18H2,1-3H3. The molecule has 1 aromatic rings. The molecule has 1 aliphatic heterocycles. The van der Waals surface area contributed by atoms with Gasteiger partial charge in [-0.2, -0.15) is 5.10 Å². The fourth-order valence-corrected chi connectivity index (χ4v) is 2.98. The Labute approximate surface area is 139 Å². The van der Waals surface area contributed by atoms with Gasteiger partial charge in [0.2, 0.25) is 5.91 Å². The van der Waals surface area contributed by atoms with Crippen LogP contribution in [-0.2, 0) is 17.9 Å². The Morgan fingerprint density at radius 1 is 1.30 bits per heavy atom. The topological polar surface area (TPSA) is 67.4 Å². The normalized spacial score (nSPS) is 19.4. The van der Waals surface area contributed by atoms with E-state index in [0.29, 0.717) is 0 Å². The molecule has 1 aromatic heterocycles. The summed E-state index contributed by atoms with van der Waals surface area (Å²) >= 11 is 0. The molecule has 0 spiro atoms. The molecule has 0 bridgehead atoms. The zero-order valence-corrected chi connectivity index (χ0v) is 14.7. The lowest BCUT2D eigenvalue weighted by atomic mass is 9.99. The maximum absolute atomic E-state index is 12.5. The van der Waals surface area contributed by atoms with Crippen molar-refractivity contribution in [2.75, 3.05) is 26.2 Å². The molecule has 1 saturated heterocycles. The van der Waals surface area contributed by atoms with Crippen molar-refractivity contribution in [2.45, 2.75) is 52.7 Å². The molecule has 1 amide bonds. The maximum atomic E-state index is 12.5. The second kappa shape index (κ2) is 8.45. The van der Waals surface area contributed by atoms with E-state index in [2.05, 4.69) is 37.0 Å². The lowest BCUT2D eigenvalue weighted by Crippen LogP contribution is -2.48. The summed E-state index contributed by atoms with van der Waals surface area (Å²) in [5.41, 5.74) is 7.35. The number of hydrogen-bond acceptors (Lipinski definition) is 4. The van der Waals surface area contributed by atoms with E-state index in [9.17, 15) is 4.79 Å². The SMILES string of the molecule is CCC(C)C(N)C(=O)N1CCCN(Cc2cnn(CC)c2)CC1. The molecule has 2 unspecified atom stereocenters. The Balaban J connectivity index is 1.87. The molecule has 2 heterocycles. The van der Waals surface area contributed by atoms with Crippen LogP contribution in [0.25, 0.3) is 0 Å². The number of amides is 1. The number of carbonyl (C=O) groups is 1. The van der Waals surface area contributed by atoms with Crippen molar-refractivity contribution in [3.8, 4) is 0 Å². The third kappa shape index (κ3) is 4.78. The van der Waals surface area contributed by atoms with Gasteiger partial charge in [0.05, 0.1) is 12.2 Å². The number of rotatable bonds is 6. The maximum Gasteiger partial charge on any atom is 0.239 e. The zero-order chi connectivity index (χ0) is 16.8. The molecule has 130 valence electrons. The van der Waals surface area contributed by atoms with E-state index < -0.39 is 0 Å². The van der Waals surface area contributed by atoms with Crippen LogP contribution in [0.3, 0.4) is 0 Å². The summed E-state index contributed by atoms with van der Waals surface area (Å²) in [4.78, 5) is 16.9. The number of nitrogens with two attached hydrogens (primary N) is 1. The molecule has 2 N–H and O–H groups in total. The minimum atomic E-state index is -0.366. The predicted molar refractivity (Wildman–Crippen MR) is 91.8 cm³/mol. The van der Waals surface area contributed by atoms with Crippen molar-refractivity contribution < 1.29 is 4.79 Å². The van der Waals surface area contributed by atoms with Crippen LogP contribution in [0.5, 0.6) is 0 Å². The average Bonchev–Trinajstić information content (AvgIpc) is 2.90. The van der Waals surface area contributed by atoms with Crippen LogP contribution in [-0.4, -0.2) is 57.7 Å². The van der Waals surface area contributed by atoms with Gasteiger partial charge in [-0.15, -0.1) is 0 Å². The van der Waals surface area contributed by atoms with Crippen LogP contribution >= 0.6 is 0 Å². The van der Waals surface area contributed by atoms with Crippen LogP contribution in [0.15, 0.2) is 12.4 Å².